The van der Waals surface area contributed by atoms with Gasteiger partial charge in [0.15, 0.2) is 0 Å². The predicted molar refractivity (Wildman–Crippen MR) is 75.9 cm³/mol. The van der Waals surface area contributed by atoms with Crippen molar-refractivity contribution < 1.29 is 76.0 Å². The van der Waals surface area contributed by atoms with E-state index in [9.17, 15) is 16.8 Å². The minimum Gasteiger partial charge on any atom is -0.560 e. The van der Waals surface area contributed by atoms with Crippen LogP contribution in [0.3, 0.4) is 0 Å². The van der Waals surface area contributed by atoms with Gasteiger partial charge in [-0.05, 0) is 24.3 Å². The Labute approximate surface area is 175 Å². The summed E-state index contributed by atoms with van der Waals surface area (Å²) < 4.78 is 42.0. The van der Waals surface area contributed by atoms with Gasteiger partial charge >= 0.3 is 59.1 Å². The van der Waals surface area contributed by atoms with Gasteiger partial charge in [0.1, 0.15) is 0 Å². The first-order valence-electron chi connectivity index (χ1n) is 5.30. The maximum Gasteiger partial charge on any atom is 1.00 e. The van der Waals surface area contributed by atoms with Crippen molar-refractivity contribution in [1.82, 2.24) is 0 Å². The Morgan fingerprint density at radius 3 is 0.909 bits per heavy atom. The van der Waals surface area contributed by atoms with Gasteiger partial charge in [0.05, 0.1) is 20.0 Å². The Morgan fingerprint density at radius 2 is 0.773 bits per heavy atom. The molecule has 0 radical (unpaired) electrons. The first-order valence-corrected chi connectivity index (χ1v) is 8.27. The van der Waals surface area contributed by atoms with E-state index < -0.39 is 20.0 Å². The fourth-order valence-corrected chi connectivity index (χ4v) is 2.23. The summed E-state index contributed by atoms with van der Waals surface area (Å²) in [6.45, 7) is 0. The normalized spacial score (nSPS) is 10.3. The van der Waals surface area contributed by atoms with E-state index in [0.717, 1.165) is 0 Å². The van der Waals surface area contributed by atoms with Crippen LogP contribution in [0.15, 0.2) is 70.5 Å². The van der Waals surface area contributed by atoms with Crippen molar-refractivity contribution in [2.24, 2.45) is 0 Å². The van der Waals surface area contributed by atoms with Crippen molar-refractivity contribution in [1.29, 1.82) is 0 Å². The van der Waals surface area contributed by atoms with Crippen LogP contribution in [-0.2, 0) is 20.0 Å². The molecule has 0 spiro atoms. The minimum absolute atomic E-state index is 0. The third-order valence-corrected chi connectivity index (χ3v) is 3.89. The summed E-state index contributed by atoms with van der Waals surface area (Å²) in [6.07, 6.45) is 0. The van der Waals surface area contributed by atoms with Gasteiger partial charge in [-0.1, -0.05) is 36.4 Å². The Hall–Kier alpha value is 0.260. The Bertz CT molecular complexity index is 685. The molecule has 2 aromatic rings. The van der Waals surface area contributed by atoms with Gasteiger partial charge in [-0.2, -0.15) is 0 Å². The molecule has 0 aliphatic rings. The molecule has 2 N–H and O–H groups in total. The zero-order valence-corrected chi connectivity index (χ0v) is 17.9. The van der Waals surface area contributed by atoms with Crippen LogP contribution in [0.4, 0.5) is 0 Å². The summed E-state index contributed by atoms with van der Waals surface area (Å²) in [5, 5.41) is 13.3. The molecule has 0 atom stereocenters. The molecule has 0 unspecified atom stereocenters. The maximum atomic E-state index is 10.5. The van der Waals surface area contributed by atoms with Crippen LogP contribution in [0.25, 0.3) is 10.3 Å². The molecule has 2 aromatic carbocycles. The molecule has 0 fully saturated rings. The summed E-state index contributed by atoms with van der Waals surface area (Å²) in [5.74, 6) is 0. The van der Waals surface area contributed by atoms with E-state index in [2.05, 4.69) is 0 Å². The second-order valence-electron chi connectivity index (χ2n) is 3.63. The Morgan fingerprint density at radius 1 is 0.545 bits per heavy atom. The average Bonchev–Trinajstić information content (AvgIpc) is 2.40. The summed E-state index contributed by atoms with van der Waals surface area (Å²) in [4.78, 5) is 0.0741. The second-order valence-corrected chi connectivity index (χ2v) is 6.59. The zero-order chi connectivity index (χ0) is 15.2. The van der Waals surface area contributed by atoms with Crippen LogP contribution >= 0.6 is 0 Å². The maximum absolute atomic E-state index is 10.5. The summed E-state index contributed by atoms with van der Waals surface area (Å²) >= 11 is 0. The van der Waals surface area contributed by atoms with Crippen molar-refractivity contribution in [3.63, 3.8) is 0 Å². The number of sulfonamides is 2. The number of nitrogens with one attached hydrogen (secondary N) is 2. The molecule has 0 saturated carbocycles. The number of hydrogen-bond acceptors (Lipinski definition) is 4. The Balaban J connectivity index is 0. The first kappa shape index (κ1) is 24.5. The first-order chi connectivity index (χ1) is 9.21. The van der Waals surface area contributed by atoms with Gasteiger partial charge in [0.25, 0.3) is 0 Å². The van der Waals surface area contributed by atoms with Crippen molar-refractivity contribution in [3.05, 3.63) is 70.9 Å². The quantitative estimate of drug-likeness (QED) is 0.528. The smallest absolute Gasteiger partial charge is 0.560 e. The van der Waals surface area contributed by atoms with E-state index >= 15 is 0 Å². The van der Waals surface area contributed by atoms with Crippen LogP contribution in [0.2, 0.25) is 0 Å². The van der Waals surface area contributed by atoms with E-state index in [-0.39, 0.29) is 68.9 Å². The summed E-state index contributed by atoms with van der Waals surface area (Å²) in [5.41, 5.74) is 0. The number of hydrogen-bond donors (Lipinski definition) is 0. The molecule has 22 heavy (non-hydrogen) atoms. The molecule has 0 saturated heterocycles. The van der Waals surface area contributed by atoms with Gasteiger partial charge in [-0.25, -0.2) is 16.8 Å². The second kappa shape index (κ2) is 10.9. The van der Waals surface area contributed by atoms with Crippen LogP contribution in [0.5, 0.6) is 0 Å². The molecule has 6 nitrogen and oxygen atoms in total. The third-order valence-electron chi connectivity index (χ3n) is 2.11. The van der Waals surface area contributed by atoms with E-state index in [1.54, 1.807) is 36.4 Å². The van der Waals surface area contributed by atoms with Gasteiger partial charge in [-0.3, -0.25) is 0 Å². The predicted octanol–water partition coefficient (Wildman–Crippen LogP) is -3.14. The Kier molecular flexibility index (Phi) is 12.2. The van der Waals surface area contributed by atoms with Crippen LogP contribution in [0, 0.1) is 0 Å². The van der Waals surface area contributed by atoms with E-state index in [0.29, 0.717) is 0 Å². The monoisotopic (exact) mass is 358 g/mol. The SMILES string of the molecule is [NH-]S(=O)(=O)c1ccccc1.[NH-]S(=O)(=O)c1ccccc1.[Na+].[Na+]. The zero-order valence-electron chi connectivity index (χ0n) is 12.2. The fraction of sp³-hybridized carbons (Fsp3) is 0. The van der Waals surface area contributed by atoms with Crippen molar-refractivity contribution in [2.45, 2.75) is 9.79 Å². The summed E-state index contributed by atoms with van der Waals surface area (Å²) in [7, 11) is -7.51. The molecule has 0 aliphatic carbocycles. The van der Waals surface area contributed by atoms with E-state index in [4.69, 9.17) is 10.3 Å². The van der Waals surface area contributed by atoms with Gasteiger partial charge in [0.2, 0.25) is 0 Å². The molecular weight excluding hydrogens is 346 g/mol. The number of rotatable bonds is 2. The van der Waals surface area contributed by atoms with Crippen molar-refractivity contribution in [2.75, 3.05) is 0 Å². The van der Waals surface area contributed by atoms with Crippen LogP contribution in [0.1, 0.15) is 0 Å². The molecule has 2 rings (SSSR count). The number of benzene rings is 2. The van der Waals surface area contributed by atoms with E-state index in [1.165, 1.54) is 24.3 Å². The molecule has 0 heterocycles. The summed E-state index contributed by atoms with van der Waals surface area (Å²) in [6, 6.07) is 15.3. The van der Waals surface area contributed by atoms with E-state index in [1.807, 2.05) is 0 Å². The molecule has 0 aliphatic heterocycles. The van der Waals surface area contributed by atoms with Crippen molar-refractivity contribution >= 4 is 20.0 Å². The molecule has 108 valence electrons. The molecule has 0 amide bonds. The molecule has 10 heteroatoms. The molecule has 0 bridgehead atoms. The minimum atomic E-state index is -3.75. The fourth-order valence-electron chi connectivity index (χ4n) is 1.20. The molecular formula is C12H12N2Na2O4S2. The van der Waals surface area contributed by atoms with Gasteiger partial charge in [0, 0.05) is 9.79 Å². The molecule has 0 aromatic heterocycles. The van der Waals surface area contributed by atoms with Gasteiger partial charge in [-0.15, -0.1) is 0 Å². The standard InChI is InChI=1S/2C6H6NO2S.2Na/c2*7-10(8,9)6-4-2-1-3-5-6;;/h2*1-5H,(H-,7,8,9);;/q2*-1;2*+1. The topological polar surface area (TPSA) is 116 Å². The average molecular weight is 358 g/mol. The van der Waals surface area contributed by atoms with Crippen LogP contribution < -0.4 is 59.1 Å². The third kappa shape index (κ3) is 9.41. The van der Waals surface area contributed by atoms with Crippen molar-refractivity contribution in [3.8, 4) is 0 Å². The van der Waals surface area contributed by atoms with Gasteiger partial charge < -0.3 is 10.3 Å². The largest absolute Gasteiger partial charge is 1.00 e. The van der Waals surface area contributed by atoms with Crippen LogP contribution in [-0.4, -0.2) is 16.8 Å².